The molecule has 0 unspecified atom stereocenters. The molecule has 4 N–H and O–H groups in total. The molecule has 20 heavy (non-hydrogen) atoms. The van der Waals surface area contributed by atoms with Crippen LogP contribution in [0.5, 0.6) is 0 Å². The molecule has 0 aliphatic carbocycles. The minimum absolute atomic E-state index is 0.0245. The Morgan fingerprint density at radius 2 is 1.80 bits per heavy atom. The molecule has 1 aromatic heterocycles. The Morgan fingerprint density at radius 3 is 2.40 bits per heavy atom. The second-order valence-electron chi connectivity index (χ2n) is 3.90. The van der Waals surface area contributed by atoms with Crippen molar-refractivity contribution < 1.29 is 8.42 Å². The van der Waals surface area contributed by atoms with Crippen LogP contribution < -0.4 is 21.5 Å². The maximum absolute atomic E-state index is 11.9. The summed E-state index contributed by atoms with van der Waals surface area (Å²) in [6.07, 6.45) is 0. The summed E-state index contributed by atoms with van der Waals surface area (Å²) >= 11 is 0. The molecule has 0 atom stereocenters. The summed E-state index contributed by atoms with van der Waals surface area (Å²) in [5.74, 6) is -0.375. The first-order valence-corrected chi connectivity index (χ1v) is 6.90. The van der Waals surface area contributed by atoms with Crippen LogP contribution in [0.25, 0.3) is 0 Å². The lowest BCUT2D eigenvalue weighted by atomic mass is 10.2. The molecule has 0 radical (unpaired) electrons. The van der Waals surface area contributed by atoms with Crippen LogP contribution in [0.15, 0.2) is 38.8 Å². The van der Waals surface area contributed by atoms with Crippen LogP contribution in [0, 0.1) is 6.92 Å². The molecule has 2 aromatic rings. The number of H-pyrrole nitrogens is 2. The monoisotopic (exact) mass is 297 g/mol. The number of nitrogens with one attached hydrogen (secondary N) is 4. The molecule has 0 fully saturated rings. The Balaban J connectivity index is 2.19. The van der Waals surface area contributed by atoms with Gasteiger partial charge in [0.1, 0.15) is 0 Å². The average Bonchev–Trinajstić information content (AvgIpc) is 2.38. The maximum Gasteiger partial charge on any atom is 0.342 e. The first-order valence-electron chi connectivity index (χ1n) is 5.42. The van der Waals surface area contributed by atoms with Crippen molar-refractivity contribution in [1.29, 1.82) is 0 Å². The number of hydrogen-bond acceptors (Lipinski definition) is 6. The van der Waals surface area contributed by atoms with E-state index in [4.69, 9.17) is 0 Å². The fraction of sp³-hybridized carbons (Fsp3) is 0.100. The topological polar surface area (TPSA) is 137 Å². The van der Waals surface area contributed by atoms with E-state index in [1.807, 2.05) is 21.8 Å². The Morgan fingerprint density at radius 1 is 1.15 bits per heavy atom. The average molecular weight is 297 g/mol. The summed E-state index contributed by atoms with van der Waals surface area (Å²) < 4.78 is 23.8. The predicted octanol–water partition coefficient (Wildman–Crippen LogP) is -0.928. The van der Waals surface area contributed by atoms with Gasteiger partial charge in [0.15, 0.2) is 0 Å². The van der Waals surface area contributed by atoms with Crippen molar-refractivity contribution in [2.75, 3.05) is 5.43 Å². The van der Waals surface area contributed by atoms with E-state index in [1.165, 1.54) is 12.1 Å². The van der Waals surface area contributed by atoms with Crippen LogP contribution in [-0.2, 0) is 10.0 Å². The largest absolute Gasteiger partial charge is 0.342 e. The third kappa shape index (κ3) is 3.10. The molecule has 0 aliphatic rings. The van der Waals surface area contributed by atoms with Crippen LogP contribution in [0.1, 0.15) is 5.56 Å². The zero-order valence-electron chi connectivity index (χ0n) is 10.3. The highest BCUT2D eigenvalue weighted by Crippen LogP contribution is 2.09. The summed E-state index contributed by atoms with van der Waals surface area (Å²) in [6, 6.07) is 6.12. The van der Waals surface area contributed by atoms with Crippen LogP contribution in [0.4, 0.5) is 5.82 Å². The third-order valence-corrected chi connectivity index (χ3v) is 3.61. The quantitative estimate of drug-likeness (QED) is 0.538. The zero-order chi connectivity index (χ0) is 14.8. The van der Waals surface area contributed by atoms with E-state index >= 15 is 0 Å². The summed E-state index contributed by atoms with van der Waals surface area (Å²) in [4.78, 5) is 26.0. The Kier molecular flexibility index (Phi) is 3.68. The SMILES string of the molecule is Cc1ccc(S(=O)(=O)NNc2n[nH]c(=O)[nH]c2=O)cc1. The van der Waals surface area contributed by atoms with E-state index in [2.05, 4.69) is 10.5 Å². The molecule has 10 heteroatoms. The van der Waals surface area contributed by atoms with Crippen molar-refractivity contribution in [2.45, 2.75) is 11.8 Å². The van der Waals surface area contributed by atoms with Crippen molar-refractivity contribution >= 4 is 15.8 Å². The highest BCUT2D eigenvalue weighted by Gasteiger charge is 2.14. The zero-order valence-corrected chi connectivity index (χ0v) is 11.1. The van der Waals surface area contributed by atoms with Crippen molar-refractivity contribution in [2.24, 2.45) is 0 Å². The number of anilines is 1. The van der Waals surface area contributed by atoms with Gasteiger partial charge in [0.2, 0.25) is 5.82 Å². The normalized spacial score (nSPS) is 11.2. The molecule has 106 valence electrons. The van der Waals surface area contributed by atoms with Crippen LogP contribution >= 0.6 is 0 Å². The standard InChI is InChI=1S/C10H11N5O4S/c1-6-2-4-7(5-3-6)20(18,19)15-13-8-9(16)11-10(17)14-12-8/h2-5,15H,1H3,(H,12,13)(H2,11,14,16,17). The number of hydrogen-bond donors (Lipinski definition) is 4. The first kappa shape index (κ1) is 14.0. The second-order valence-corrected chi connectivity index (χ2v) is 5.58. The van der Waals surface area contributed by atoms with E-state index in [0.29, 0.717) is 0 Å². The maximum atomic E-state index is 11.9. The van der Waals surface area contributed by atoms with Gasteiger partial charge >= 0.3 is 5.69 Å². The molecule has 1 aromatic carbocycles. The van der Waals surface area contributed by atoms with Gasteiger partial charge in [0.25, 0.3) is 15.6 Å². The Labute approximate surface area is 113 Å². The van der Waals surface area contributed by atoms with E-state index in [-0.39, 0.29) is 10.7 Å². The summed E-state index contributed by atoms with van der Waals surface area (Å²) in [7, 11) is -3.85. The summed E-state index contributed by atoms with van der Waals surface area (Å²) in [5, 5.41) is 5.34. The lowest BCUT2D eigenvalue weighted by Crippen LogP contribution is -2.35. The molecule has 0 aliphatic heterocycles. The molecular formula is C10H11N5O4S. The lowest BCUT2D eigenvalue weighted by Gasteiger charge is -2.07. The molecule has 0 saturated carbocycles. The van der Waals surface area contributed by atoms with Crippen molar-refractivity contribution in [3.05, 3.63) is 50.7 Å². The van der Waals surface area contributed by atoms with Gasteiger partial charge in [-0.25, -0.2) is 18.3 Å². The van der Waals surface area contributed by atoms with Crippen LogP contribution in [0.2, 0.25) is 0 Å². The number of hydrazine groups is 1. The van der Waals surface area contributed by atoms with Gasteiger partial charge in [0, 0.05) is 0 Å². The van der Waals surface area contributed by atoms with Gasteiger partial charge in [-0.2, -0.15) is 0 Å². The summed E-state index contributed by atoms with van der Waals surface area (Å²) in [5.41, 5.74) is 1.41. The molecule has 0 amide bonds. The minimum atomic E-state index is -3.85. The van der Waals surface area contributed by atoms with Gasteiger partial charge in [-0.1, -0.05) is 17.7 Å². The van der Waals surface area contributed by atoms with Gasteiger partial charge in [-0.05, 0) is 19.1 Å². The highest BCUT2D eigenvalue weighted by atomic mass is 32.2. The van der Waals surface area contributed by atoms with Crippen molar-refractivity contribution in [3.8, 4) is 0 Å². The van der Waals surface area contributed by atoms with E-state index in [1.54, 1.807) is 12.1 Å². The number of sulfonamides is 1. The fourth-order valence-corrected chi connectivity index (χ4v) is 2.17. The Bertz CT molecular complexity index is 822. The number of nitrogens with zero attached hydrogens (tertiary/aromatic N) is 1. The van der Waals surface area contributed by atoms with Gasteiger partial charge in [0.05, 0.1) is 4.90 Å². The van der Waals surface area contributed by atoms with E-state index < -0.39 is 21.3 Å². The highest BCUT2D eigenvalue weighted by molar-refractivity contribution is 7.89. The van der Waals surface area contributed by atoms with E-state index in [0.717, 1.165) is 5.56 Å². The number of aryl methyl sites for hydroxylation is 1. The van der Waals surface area contributed by atoms with Crippen molar-refractivity contribution in [1.82, 2.24) is 20.0 Å². The third-order valence-electron chi connectivity index (χ3n) is 2.35. The number of rotatable bonds is 4. The number of benzene rings is 1. The summed E-state index contributed by atoms with van der Waals surface area (Å²) in [6.45, 7) is 1.83. The minimum Gasteiger partial charge on any atom is -0.286 e. The molecular weight excluding hydrogens is 286 g/mol. The number of aromatic nitrogens is 3. The second kappa shape index (κ2) is 5.27. The predicted molar refractivity (Wildman–Crippen MR) is 70.6 cm³/mol. The molecule has 0 spiro atoms. The van der Waals surface area contributed by atoms with Gasteiger partial charge < -0.3 is 0 Å². The van der Waals surface area contributed by atoms with E-state index in [9.17, 15) is 18.0 Å². The van der Waals surface area contributed by atoms with Crippen molar-refractivity contribution in [3.63, 3.8) is 0 Å². The van der Waals surface area contributed by atoms with Crippen LogP contribution in [-0.4, -0.2) is 23.6 Å². The number of aromatic amines is 2. The Hall–Kier alpha value is -2.46. The molecule has 9 nitrogen and oxygen atoms in total. The smallest absolute Gasteiger partial charge is 0.286 e. The van der Waals surface area contributed by atoms with Crippen LogP contribution in [0.3, 0.4) is 0 Å². The van der Waals surface area contributed by atoms with Gasteiger partial charge in [-0.3, -0.25) is 15.2 Å². The fourth-order valence-electron chi connectivity index (χ4n) is 1.32. The molecule has 2 rings (SSSR count). The molecule has 1 heterocycles. The molecule has 0 saturated heterocycles. The van der Waals surface area contributed by atoms with Gasteiger partial charge in [-0.15, -0.1) is 9.93 Å². The first-order chi connectivity index (χ1) is 9.38. The molecule has 0 bridgehead atoms. The lowest BCUT2D eigenvalue weighted by molar-refractivity contribution is 0.587.